The first-order chi connectivity index (χ1) is 10.4. The third kappa shape index (κ3) is 3.33. The van der Waals surface area contributed by atoms with Crippen LogP contribution in [-0.4, -0.2) is 50.2 Å². The molecule has 0 unspecified atom stereocenters. The summed E-state index contributed by atoms with van der Waals surface area (Å²) in [6.07, 6.45) is 4.47. The van der Waals surface area contributed by atoms with E-state index >= 15 is 0 Å². The Morgan fingerprint density at radius 1 is 1.14 bits per heavy atom. The lowest BCUT2D eigenvalue weighted by molar-refractivity contribution is 0.0693. The number of amides is 1. The third-order valence-corrected chi connectivity index (χ3v) is 6.08. The summed E-state index contributed by atoms with van der Waals surface area (Å²) in [6, 6.07) is 6.55. The number of benzene rings is 1. The van der Waals surface area contributed by atoms with Gasteiger partial charge < -0.3 is 4.90 Å². The van der Waals surface area contributed by atoms with E-state index in [4.69, 9.17) is 0 Å². The molecule has 0 N–H and O–H groups in total. The molecule has 0 bridgehead atoms. The summed E-state index contributed by atoms with van der Waals surface area (Å²) < 4.78 is 25.3. The van der Waals surface area contributed by atoms with Crippen LogP contribution in [0.3, 0.4) is 0 Å². The average Bonchev–Trinajstić information content (AvgIpc) is 3.02. The molecule has 0 saturated heterocycles. The van der Waals surface area contributed by atoms with Crippen molar-refractivity contribution < 1.29 is 13.2 Å². The molecule has 122 valence electrons. The van der Waals surface area contributed by atoms with E-state index in [2.05, 4.69) is 0 Å². The molecule has 1 aliphatic rings. The number of rotatable bonds is 5. The Labute approximate surface area is 133 Å². The maximum Gasteiger partial charge on any atom is 0.254 e. The normalized spacial score (nSPS) is 16.2. The van der Waals surface area contributed by atoms with Crippen molar-refractivity contribution in [2.24, 2.45) is 0 Å². The van der Waals surface area contributed by atoms with Gasteiger partial charge in [0.15, 0.2) is 0 Å². The van der Waals surface area contributed by atoms with Crippen LogP contribution in [0.15, 0.2) is 29.2 Å². The summed E-state index contributed by atoms with van der Waals surface area (Å²) in [4.78, 5) is 14.7. The molecule has 5 nitrogen and oxygen atoms in total. The molecule has 0 spiro atoms. The summed E-state index contributed by atoms with van der Waals surface area (Å²) in [5.41, 5.74) is 0.548. The van der Waals surface area contributed by atoms with Crippen LogP contribution in [0.2, 0.25) is 0 Å². The van der Waals surface area contributed by atoms with Crippen molar-refractivity contribution >= 4 is 15.9 Å². The molecular weight excluding hydrogens is 300 g/mol. The molecule has 0 heterocycles. The molecule has 0 aliphatic heterocycles. The molecule has 1 aromatic carbocycles. The molecule has 1 aliphatic carbocycles. The quantitative estimate of drug-likeness (QED) is 0.835. The average molecular weight is 324 g/mol. The van der Waals surface area contributed by atoms with Gasteiger partial charge in [-0.25, -0.2) is 12.7 Å². The zero-order chi connectivity index (χ0) is 16.3. The van der Waals surface area contributed by atoms with E-state index in [1.165, 1.54) is 43.4 Å². The number of hydrogen-bond donors (Lipinski definition) is 0. The van der Waals surface area contributed by atoms with Gasteiger partial charge in [0, 0.05) is 32.2 Å². The fourth-order valence-corrected chi connectivity index (χ4v) is 3.83. The molecule has 0 aromatic heterocycles. The summed E-state index contributed by atoms with van der Waals surface area (Å²) >= 11 is 0. The van der Waals surface area contributed by atoms with Crippen molar-refractivity contribution in [3.8, 4) is 0 Å². The van der Waals surface area contributed by atoms with Crippen molar-refractivity contribution in [2.75, 3.05) is 20.6 Å². The Balaban J connectivity index is 2.20. The molecule has 1 fully saturated rings. The van der Waals surface area contributed by atoms with Crippen LogP contribution in [0.5, 0.6) is 0 Å². The monoisotopic (exact) mass is 324 g/mol. The first kappa shape index (κ1) is 17.0. The zero-order valence-corrected chi connectivity index (χ0v) is 14.3. The smallest absolute Gasteiger partial charge is 0.254 e. The second kappa shape index (κ2) is 6.79. The number of nitrogens with zero attached hydrogens (tertiary/aromatic N) is 2. The van der Waals surface area contributed by atoms with E-state index in [0.29, 0.717) is 18.2 Å². The van der Waals surface area contributed by atoms with E-state index in [0.717, 1.165) is 12.8 Å². The maximum absolute atomic E-state index is 12.6. The van der Waals surface area contributed by atoms with Gasteiger partial charge in [0.05, 0.1) is 4.90 Å². The Hall–Kier alpha value is -1.40. The van der Waals surface area contributed by atoms with Crippen molar-refractivity contribution in [1.82, 2.24) is 9.21 Å². The summed E-state index contributed by atoms with van der Waals surface area (Å²) in [6.45, 7) is 2.67. The molecule has 6 heteroatoms. The number of carbonyl (C=O) groups is 1. The minimum Gasteiger partial charge on any atom is -0.336 e. The zero-order valence-electron chi connectivity index (χ0n) is 13.4. The van der Waals surface area contributed by atoms with Gasteiger partial charge in [-0.15, -0.1) is 0 Å². The van der Waals surface area contributed by atoms with Crippen molar-refractivity contribution in [3.05, 3.63) is 29.8 Å². The molecule has 1 amide bonds. The Bertz CT molecular complexity index is 617. The minimum atomic E-state index is -3.45. The highest BCUT2D eigenvalue weighted by Crippen LogP contribution is 2.25. The van der Waals surface area contributed by atoms with Crippen molar-refractivity contribution in [1.29, 1.82) is 0 Å². The van der Waals surface area contributed by atoms with E-state index in [1.54, 1.807) is 12.1 Å². The van der Waals surface area contributed by atoms with Crippen LogP contribution in [0, 0.1) is 0 Å². The first-order valence-electron chi connectivity index (χ1n) is 7.71. The van der Waals surface area contributed by atoms with Crippen LogP contribution >= 0.6 is 0 Å². The van der Waals surface area contributed by atoms with Crippen LogP contribution in [0.4, 0.5) is 0 Å². The summed E-state index contributed by atoms with van der Waals surface area (Å²) in [7, 11) is -0.466. The third-order valence-electron chi connectivity index (χ3n) is 4.25. The van der Waals surface area contributed by atoms with Gasteiger partial charge in [0.1, 0.15) is 0 Å². The Kier molecular flexibility index (Phi) is 5.24. The van der Waals surface area contributed by atoms with Crippen LogP contribution in [0.25, 0.3) is 0 Å². The lowest BCUT2D eigenvalue weighted by Gasteiger charge is -2.27. The van der Waals surface area contributed by atoms with E-state index in [1.807, 2.05) is 11.8 Å². The van der Waals surface area contributed by atoms with Crippen LogP contribution in [-0.2, 0) is 10.0 Å². The standard InChI is InChI=1S/C16H24N2O3S/c1-4-18(14-7-5-6-8-14)16(19)13-9-11-15(12-10-13)22(20,21)17(2)3/h9-12,14H,4-8H2,1-3H3. The topological polar surface area (TPSA) is 57.7 Å². The van der Waals surface area contributed by atoms with Crippen LogP contribution in [0.1, 0.15) is 43.0 Å². The highest BCUT2D eigenvalue weighted by molar-refractivity contribution is 7.89. The highest BCUT2D eigenvalue weighted by Gasteiger charge is 2.26. The van der Waals surface area contributed by atoms with E-state index < -0.39 is 10.0 Å². The van der Waals surface area contributed by atoms with Gasteiger partial charge >= 0.3 is 0 Å². The number of carbonyl (C=O) groups excluding carboxylic acids is 1. The molecule has 1 saturated carbocycles. The Morgan fingerprint density at radius 2 is 1.68 bits per heavy atom. The predicted molar refractivity (Wildman–Crippen MR) is 86.3 cm³/mol. The fourth-order valence-electron chi connectivity index (χ4n) is 2.93. The van der Waals surface area contributed by atoms with Crippen LogP contribution < -0.4 is 0 Å². The maximum atomic E-state index is 12.6. The first-order valence-corrected chi connectivity index (χ1v) is 9.15. The lowest BCUT2D eigenvalue weighted by Crippen LogP contribution is -2.38. The fraction of sp³-hybridized carbons (Fsp3) is 0.562. The second-order valence-corrected chi connectivity index (χ2v) is 7.99. The minimum absolute atomic E-state index is 0.0109. The molecule has 22 heavy (non-hydrogen) atoms. The number of sulfonamides is 1. The van der Waals surface area contributed by atoms with Crippen molar-refractivity contribution in [3.63, 3.8) is 0 Å². The highest BCUT2D eigenvalue weighted by atomic mass is 32.2. The molecular formula is C16H24N2O3S. The van der Waals surface area contributed by atoms with E-state index in [9.17, 15) is 13.2 Å². The summed E-state index contributed by atoms with van der Waals surface area (Å²) in [5.74, 6) is -0.0109. The van der Waals surface area contributed by atoms with Gasteiger partial charge in [0.2, 0.25) is 10.0 Å². The van der Waals surface area contributed by atoms with Gasteiger partial charge in [-0.2, -0.15) is 0 Å². The SMILES string of the molecule is CCN(C(=O)c1ccc(S(=O)(=O)N(C)C)cc1)C1CCCC1. The van der Waals surface area contributed by atoms with Gasteiger partial charge in [0.25, 0.3) is 5.91 Å². The molecule has 0 radical (unpaired) electrons. The van der Waals surface area contributed by atoms with Crippen molar-refractivity contribution in [2.45, 2.75) is 43.5 Å². The summed E-state index contributed by atoms with van der Waals surface area (Å²) in [5, 5.41) is 0. The Morgan fingerprint density at radius 3 is 2.14 bits per heavy atom. The predicted octanol–water partition coefficient (Wildman–Crippen LogP) is 2.34. The molecule has 2 rings (SSSR count). The lowest BCUT2D eigenvalue weighted by atomic mass is 10.1. The molecule has 0 atom stereocenters. The van der Waals surface area contributed by atoms with Gasteiger partial charge in [-0.1, -0.05) is 12.8 Å². The van der Waals surface area contributed by atoms with E-state index in [-0.39, 0.29) is 10.8 Å². The van der Waals surface area contributed by atoms with Gasteiger partial charge in [-0.3, -0.25) is 4.79 Å². The second-order valence-electron chi connectivity index (χ2n) is 5.84. The number of hydrogen-bond acceptors (Lipinski definition) is 3. The largest absolute Gasteiger partial charge is 0.336 e. The van der Waals surface area contributed by atoms with Gasteiger partial charge in [-0.05, 0) is 44.0 Å². The molecule has 1 aromatic rings.